The van der Waals surface area contributed by atoms with Gasteiger partial charge in [-0.1, -0.05) is 32.9 Å². The van der Waals surface area contributed by atoms with Crippen molar-refractivity contribution in [3.63, 3.8) is 0 Å². The van der Waals surface area contributed by atoms with Gasteiger partial charge in [0.05, 0.1) is 5.56 Å². The highest BCUT2D eigenvalue weighted by Gasteiger charge is 2.42. The Kier molecular flexibility index (Phi) is 5.68. The number of ketones is 1. The van der Waals surface area contributed by atoms with Crippen LogP contribution in [0, 0.1) is 10.2 Å². The molecule has 0 saturated heterocycles. The largest absolute Gasteiger partial charge is 0.416 e. The van der Waals surface area contributed by atoms with Crippen molar-refractivity contribution in [2.24, 2.45) is 11.1 Å². The molecule has 2 unspecified atom stereocenters. The first-order valence-electron chi connectivity index (χ1n) is 8.23. The minimum Gasteiger partial charge on any atom is -0.353 e. The van der Waals surface area contributed by atoms with Gasteiger partial charge in [0, 0.05) is 29.3 Å². The molecule has 8 heteroatoms. The smallest absolute Gasteiger partial charge is 0.353 e. The molecule has 0 spiro atoms. The van der Waals surface area contributed by atoms with E-state index in [0.29, 0.717) is 13.1 Å². The normalized spacial score (nSPS) is 21.5. The van der Waals surface area contributed by atoms with Crippen molar-refractivity contribution in [1.82, 2.24) is 4.90 Å². The fraction of sp³-hybridized carbons (Fsp3) is 0.500. The van der Waals surface area contributed by atoms with Gasteiger partial charge < -0.3 is 10.6 Å². The molecule has 0 amide bonds. The molecule has 0 radical (unpaired) electrons. The van der Waals surface area contributed by atoms with Crippen LogP contribution in [0.2, 0.25) is 0 Å². The molecule has 1 aliphatic heterocycles. The zero-order chi connectivity index (χ0) is 19.9. The second kappa shape index (κ2) is 7.15. The first-order chi connectivity index (χ1) is 11.9. The molecule has 2 rings (SSSR count). The van der Waals surface area contributed by atoms with E-state index in [-0.39, 0.29) is 11.0 Å². The molecule has 1 aromatic rings. The molecule has 0 aromatic heterocycles. The third-order valence-corrected chi connectivity index (χ3v) is 6.50. The van der Waals surface area contributed by atoms with Crippen LogP contribution in [0.15, 0.2) is 34.9 Å². The van der Waals surface area contributed by atoms with Crippen LogP contribution < -0.4 is 5.73 Å². The number of hydrogen-bond donors (Lipinski definition) is 2. The van der Waals surface area contributed by atoms with E-state index in [1.54, 1.807) is 4.90 Å². The first kappa shape index (κ1) is 20.6. The molecule has 0 aliphatic carbocycles. The number of alkyl halides is 3. The van der Waals surface area contributed by atoms with E-state index in [1.807, 2.05) is 27.7 Å². The van der Waals surface area contributed by atoms with Crippen molar-refractivity contribution < 1.29 is 18.0 Å². The van der Waals surface area contributed by atoms with Gasteiger partial charge in [-0.05, 0) is 35.2 Å². The third kappa shape index (κ3) is 3.86. The molecule has 1 aromatic carbocycles. The fourth-order valence-corrected chi connectivity index (χ4v) is 5.43. The van der Waals surface area contributed by atoms with Gasteiger partial charge in [-0.3, -0.25) is 9.57 Å². The van der Waals surface area contributed by atoms with E-state index in [2.05, 4.69) is 0 Å². The zero-order valence-electron chi connectivity index (χ0n) is 15.3. The SMILES string of the molecule is CC1=C(C(C)(C)C)S(=N)C(C(=O)c2cccc(C(F)(F)F)c2)N1CCN. The topological polar surface area (TPSA) is 70.2 Å². The maximum Gasteiger partial charge on any atom is 0.416 e. The number of allylic oxidation sites excluding steroid dienone is 2. The van der Waals surface area contributed by atoms with E-state index >= 15 is 0 Å². The van der Waals surface area contributed by atoms with Gasteiger partial charge in [0.1, 0.15) is 0 Å². The number of nitrogens with one attached hydrogen (secondary N) is 1. The Morgan fingerprint density at radius 1 is 1.31 bits per heavy atom. The van der Waals surface area contributed by atoms with Gasteiger partial charge in [0.25, 0.3) is 0 Å². The molecule has 0 bridgehead atoms. The summed E-state index contributed by atoms with van der Waals surface area (Å²) < 4.78 is 47.6. The summed E-state index contributed by atoms with van der Waals surface area (Å²) in [7, 11) is -1.17. The second-order valence-corrected chi connectivity index (χ2v) is 8.81. The summed E-state index contributed by atoms with van der Waals surface area (Å²) in [6.45, 7) is 8.43. The maximum absolute atomic E-state index is 13.1. The van der Waals surface area contributed by atoms with E-state index in [0.717, 1.165) is 22.7 Å². The van der Waals surface area contributed by atoms with Gasteiger partial charge >= 0.3 is 6.18 Å². The van der Waals surface area contributed by atoms with Gasteiger partial charge in [-0.25, -0.2) is 0 Å². The Labute approximate surface area is 154 Å². The minimum atomic E-state index is -4.52. The molecule has 0 fully saturated rings. The number of nitrogens with zero attached hydrogens (tertiary/aromatic N) is 1. The summed E-state index contributed by atoms with van der Waals surface area (Å²) in [6.07, 6.45) is -4.52. The van der Waals surface area contributed by atoms with Crippen molar-refractivity contribution in [2.75, 3.05) is 13.1 Å². The summed E-state index contributed by atoms with van der Waals surface area (Å²) in [5.74, 6) is -0.471. The van der Waals surface area contributed by atoms with Crippen LogP contribution >= 0.6 is 0 Å². The molecule has 4 nitrogen and oxygen atoms in total. The second-order valence-electron chi connectivity index (χ2n) is 7.28. The Morgan fingerprint density at radius 3 is 2.42 bits per heavy atom. The standard InChI is InChI=1S/C18H24F3N3OS/c1-11-15(17(2,3)4)26(23)16(24(11)9-8-22)14(25)12-6-5-7-13(10-12)18(19,20)21/h5-7,10,16,23H,8-9,22H2,1-4H3. The van der Waals surface area contributed by atoms with Gasteiger partial charge in [-0.2, -0.15) is 13.2 Å². The number of benzene rings is 1. The lowest BCUT2D eigenvalue weighted by Crippen LogP contribution is -2.41. The van der Waals surface area contributed by atoms with Crippen LogP contribution in [0.1, 0.15) is 43.6 Å². The number of halogens is 3. The lowest BCUT2D eigenvalue weighted by Gasteiger charge is -2.27. The van der Waals surface area contributed by atoms with Crippen LogP contribution in [0.5, 0.6) is 0 Å². The van der Waals surface area contributed by atoms with Crippen molar-refractivity contribution in [1.29, 1.82) is 4.78 Å². The molecular weight excluding hydrogens is 363 g/mol. The molecule has 26 heavy (non-hydrogen) atoms. The zero-order valence-corrected chi connectivity index (χ0v) is 16.1. The van der Waals surface area contributed by atoms with E-state index in [4.69, 9.17) is 10.5 Å². The molecular formula is C18H24F3N3OS. The molecule has 144 valence electrons. The van der Waals surface area contributed by atoms with Crippen LogP contribution in [0.25, 0.3) is 0 Å². The highest BCUT2D eigenvalue weighted by atomic mass is 32.2. The van der Waals surface area contributed by atoms with E-state index in [1.165, 1.54) is 12.1 Å². The highest BCUT2D eigenvalue weighted by Crippen LogP contribution is 2.41. The number of hydrogen-bond acceptors (Lipinski definition) is 4. The lowest BCUT2D eigenvalue weighted by molar-refractivity contribution is -0.137. The van der Waals surface area contributed by atoms with Gasteiger partial charge in [0.15, 0.2) is 11.2 Å². The molecule has 1 aliphatic rings. The van der Waals surface area contributed by atoms with Crippen LogP contribution in [-0.4, -0.2) is 29.1 Å². The highest BCUT2D eigenvalue weighted by molar-refractivity contribution is 7.91. The Balaban J connectivity index is 2.47. The molecule has 1 heterocycles. The van der Waals surface area contributed by atoms with Gasteiger partial charge in [-0.15, -0.1) is 0 Å². The predicted octanol–water partition coefficient (Wildman–Crippen LogP) is 4.15. The predicted molar refractivity (Wildman–Crippen MR) is 97.6 cm³/mol. The summed E-state index contributed by atoms with van der Waals surface area (Å²) in [5, 5.41) is -0.837. The van der Waals surface area contributed by atoms with E-state index in [9.17, 15) is 18.0 Å². The average Bonchev–Trinajstić information content (AvgIpc) is 2.77. The van der Waals surface area contributed by atoms with E-state index < -0.39 is 33.6 Å². The molecule has 2 atom stereocenters. The number of carbonyl (C=O) groups is 1. The quantitative estimate of drug-likeness (QED) is 0.763. The van der Waals surface area contributed by atoms with Crippen molar-refractivity contribution >= 4 is 16.5 Å². The van der Waals surface area contributed by atoms with Crippen LogP contribution in [-0.2, 0) is 16.9 Å². The van der Waals surface area contributed by atoms with Gasteiger partial charge in [0.2, 0.25) is 0 Å². The lowest BCUT2D eigenvalue weighted by atomic mass is 9.94. The number of Topliss-reactive ketones (excluding diaryl/α,β-unsaturated/α-hetero) is 1. The molecule has 3 N–H and O–H groups in total. The van der Waals surface area contributed by atoms with Crippen LogP contribution in [0.3, 0.4) is 0 Å². The summed E-state index contributed by atoms with van der Waals surface area (Å²) in [5.41, 5.74) is 5.29. The number of carbonyl (C=O) groups excluding carboxylic acids is 1. The summed E-state index contributed by atoms with van der Waals surface area (Å²) in [4.78, 5) is 15.7. The summed E-state index contributed by atoms with van der Waals surface area (Å²) >= 11 is 0. The molecule has 0 saturated carbocycles. The number of nitrogens with two attached hydrogens (primary N) is 1. The van der Waals surface area contributed by atoms with Crippen molar-refractivity contribution in [2.45, 2.75) is 39.2 Å². The maximum atomic E-state index is 13.1. The average molecular weight is 387 g/mol. The summed E-state index contributed by atoms with van der Waals surface area (Å²) in [6, 6.07) is 4.41. The van der Waals surface area contributed by atoms with Crippen LogP contribution in [0.4, 0.5) is 13.2 Å². The monoisotopic (exact) mass is 387 g/mol. The first-order valence-corrected chi connectivity index (χ1v) is 9.52. The van der Waals surface area contributed by atoms with Crippen molar-refractivity contribution in [3.8, 4) is 0 Å². The Bertz CT molecular complexity index is 766. The fourth-order valence-electron chi connectivity index (χ4n) is 3.24. The minimum absolute atomic E-state index is 0.0282. The van der Waals surface area contributed by atoms with Crippen molar-refractivity contribution in [3.05, 3.63) is 46.0 Å². The Morgan fingerprint density at radius 2 is 1.92 bits per heavy atom. The third-order valence-electron chi connectivity index (χ3n) is 4.24. The number of rotatable bonds is 4. The Hall–Kier alpha value is -1.67.